The van der Waals surface area contributed by atoms with Crippen molar-refractivity contribution in [3.63, 3.8) is 0 Å². The number of sulfonamides is 1. The van der Waals surface area contributed by atoms with Gasteiger partial charge in [0, 0.05) is 6.04 Å². The average molecular weight is 378 g/mol. The van der Waals surface area contributed by atoms with Gasteiger partial charge in [0.25, 0.3) is 10.0 Å². The van der Waals surface area contributed by atoms with Crippen LogP contribution in [0.3, 0.4) is 0 Å². The Hall–Kier alpha value is -2.61. The summed E-state index contributed by atoms with van der Waals surface area (Å²) in [5.74, 6) is -0.351. The van der Waals surface area contributed by atoms with E-state index < -0.39 is 15.8 Å². The summed E-state index contributed by atoms with van der Waals surface area (Å²) in [4.78, 5) is 12.1. The zero-order valence-electron chi connectivity index (χ0n) is 14.2. The van der Waals surface area contributed by atoms with E-state index in [1.54, 1.807) is 24.3 Å². The molecule has 3 rings (SSSR count). The fourth-order valence-electron chi connectivity index (χ4n) is 2.43. The largest absolute Gasteiger partial charge is 0.497 e. The highest BCUT2D eigenvalue weighted by Crippen LogP contribution is 2.26. The van der Waals surface area contributed by atoms with Gasteiger partial charge in [-0.1, -0.05) is 0 Å². The molecule has 1 amide bonds. The van der Waals surface area contributed by atoms with E-state index in [0.29, 0.717) is 11.4 Å². The molecule has 0 spiro atoms. The van der Waals surface area contributed by atoms with Gasteiger partial charge in [0.2, 0.25) is 5.91 Å². The van der Waals surface area contributed by atoms with Crippen molar-refractivity contribution >= 4 is 21.6 Å². The van der Waals surface area contributed by atoms with Crippen molar-refractivity contribution in [3.05, 3.63) is 54.3 Å². The Morgan fingerprint density at radius 1 is 1.15 bits per heavy atom. The Labute approximate surface area is 151 Å². The highest BCUT2D eigenvalue weighted by molar-refractivity contribution is 7.92. The van der Waals surface area contributed by atoms with E-state index in [4.69, 9.17) is 4.74 Å². The van der Waals surface area contributed by atoms with Gasteiger partial charge in [-0.15, -0.1) is 0 Å². The molecule has 0 aliphatic heterocycles. The zero-order chi connectivity index (χ0) is 18.7. The molecule has 2 aromatic carbocycles. The van der Waals surface area contributed by atoms with E-state index in [-0.39, 0.29) is 23.4 Å². The van der Waals surface area contributed by atoms with Crippen LogP contribution in [0.1, 0.15) is 12.8 Å². The summed E-state index contributed by atoms with van der Waals surface area (Å²) in [5, 5.41) is 2.78. The van der Waals surface area contributed by atoms with Gasteiger partial charge in [-0.3, -0.25) is 9.10 Å². The number of benzene rings is 2. The Bertz CT molecular complexity index is 878. The van der Waals surface area contributed by atoms with Crippen molar-refractivity contribution in [1.82, 2.24) is 5.32 Å². The molecule has 0 unspecified atom stereocenters. The normalized spacial score (nSPS) is 13.9. The molecular formula is C18H19FN2O4S. The van der Waals surface area contributed by atoms with E-state index >= 15 is 0 Å². The molecule has 1 N–H and O–H groups in total. The van der Waals surface area contributed by atoms with Crippen LogP contribution >= 0.6 is 0 Å². The van der Waals surface area contributed by atoms with Crippen LogP contribution in [0.2, 0.25) is 0 Å². The monoisotopic (exact) mass is 378 g/mol. The maximum Gasteiger partial charge on any atom is 0.264 e. The highest BCUT2D eigenvalue weighted by atomic mass is 32.2. The lowest BCUT2D eigenvalue weighted by Gasteiger charge is -2.24. The van der Waals surface area contributed by atoms with E-state index in [1.165, 1.54) is 19.2 Å². The molecule has 0 bridgehead atoms. The number of nitrogens with zero attached hydrogens (tertiary/aromatic N) is 1. The Morgan fingerprint density at radius 3 is 2.31 bits per heavy atom. The number of hydrogen-bond acceptors (Lipinski definition) is 4. The molecular weight excluding hydrogens is 359 g/mol. The summed E-state index contributed by atoms with van der Waals surface area (Å²) in [6, 6.07) is 11.0. The van der Waals surface area contributed by atoms with Crippen LogP contribution in [0.5, 0.6) is 5.75 Å². The van der Waals surface area contributed by atoms with Crippen molar-refractivity contribution in [2.45, 2.75) is 23.8 Å². The standard InChI is InChI=1S/C18H19FN2O4S/c1-25-16-8-6-15(7-9-16)21(12-18(22)20-14-4-5-14)26(23,24)17-10-2-13(19)3-11-17/h2-3,6-11,14H,4-5,12H2,1H3,(H,20,22). The summed E-state index contributed by atoms with van der Waals surface area (Å²) in [5.41, 5.74) is 0.320. The van der Waals surface area contributed by atoms with Crippen molar-refractivity contribution in [3.8, 4) is 5.75 Å². The third-order valence-electron chi connectivity index (χ3n) is 3.99. The van der Waals surface area contributed by atoms with Gasteiger partial charge in [0.15, 0.2) is 0 Å². The molecule has 1 aliphatic rings. The lowest BCUT2D eigenvalue weighted by molar-refractivity contribution is -0.119. The topological polar surface area (TPSA) is 75.7 Å². The second-order valence-electron chi connectivity index (χ2n) is 6.01. The number of carbonyl (C=O) groups is 1. The summed E-state index contributed by atoms with van der Waals surface area (Å²) in [7, 11) is -2.53. The number of ether oxygens (including phenoxy) is 1. The van der Waals surface area contributed by atoms with Crippen LogP contribution in [-0.2, 0) is 14.8 Å². The van der Waals surface area contributed by atoms with Gasteiger partial charge in [-0.05, 0) is 61.4 Å². The van der Waals surface area contributed by atoms with Crippen LogP contribution in [-0.4, -0.2) is 34.0 Å². The molecule has 2 aromatic rings. The van der Waals surface area contributed by atoms with Gasteiger partial charge < -0.3 is 10.1 Å². The first-order chi connectivity index (χ1) is 12.4. The lowest BCUT2D eigenvalue weighted by atomic mass is 10.3. The minimum absolute atomic E-state index is 0.0889. The summed E-state index contributed by atoms with van der Waals surface area (Å²) >= 11 is 0. The first-order valence-corrected chi connectivity index (χ1v) is 9.56. The Balaban J connectivity index is 1.94. The first kappa shape index (κ1) is 18.2. The first-order valence-electron chi connectivity index (χ1n) is 8.12. The number of halogens is 1. The maximum atomic E-state index is 13.2. The second-order valence-corrected chi connectivity index (χ2v) is 7.87. The van der Waals surface area contributed by atoms with E-state index in [9.17, 15) is 17.6 Å². The molecule has 0 saturated heterocycles. The van der Waals surface area contributed by atoms with Crippen molar-refractivity contribution in [1.29, 1.82) is 0 Å². The van der Waals surface area contributed by atoms with Crippen LogP contribution in [0, 0.1) is 5.82 Å². The SMILES string of the molecule is COc1ccc(N(CC(=O)NC2CC2)S(=O)(=O)c2ccc(F)cc2)cc1. The van der Waals surface area contributed by atoms with Crippen LogP contribution in [0.15, 0.2) is 53.4 Å². The Kier molecular flexibility index (Phi) is 5.13. The maximum absolute atomic E-state index is 13.2. The fraction of sp³-hybridized carbons (Fsp3) is 0.278. The van der Waals surface area contributed by atoms with Gasteiger partial charge in [-0.2, -0.15) is 0 Å². The average Bonchev–Trinajstić information content (AvgIpc) is 3.44. The summed E-state index contributed by atoms with van der Waals surface area (Å²) < 4.78 is 45.3. The molecule has 8 heteroatoms. The molecule has 138 valence electrons. The molecule has 1 fully saturated rings. The van der Waals surface area contributed by atoms with Crippen LogP contribution < -0.4 is 14.4 Å². The molecule has 0 aromatic heterocycles. The van der Waals surface area contributed by atoms with Gasteiger partial charge in [0.1, 0.15) is 18.1 Å². The molecule has 0 atom stereocenters. The van der Waals surface area contributed by atoms with Gasteiger partial charge in [0.05, 0.1) is 17.7 Å². The molecule has 0 heterocycles. The van der Waals surface area contributed by atoms with E-state index in [0.717, 1.165) is 29.3 Å². The quantitative estimate of drug-likeness (QED) is 0.802. The molecule has 6 nitrogen and oxygen atoms in total. The number of anilines is 1. The summed E-state index contributed by atoms with van der Waals surface area (Å²) in [6.45, 7) is -0.359. The minimum Gasteiger partial charge on any atom is -0.497 e. The third-order valence-corrected chi connectivity index (χ3v) is 5.78. The van der Waals surface area contributed by atoms with Gasteiger partial charge >= 0.3 is 0 Å². The molecule has 26 heavy (non-hydrogen) atoms. The summed E-state index contributed by atoms with van der Waals surface area (Å²) in [6.07, 6.45) is 1.80. The number of hydrogen-bond donors (Lipinski definition) is 1. The minimum atomic E-state index is -4.04. The predicted molar refractivity (Wildman–Crippen MR) is 95.1 cm³/mol. The van der Waals surface area contributed by atoms with Gasteiger partial charge in [-0.25, -0.2) is 12.8 Å². The third kappa shape index (κ3) is 4.13. The zero-order valence-corrected chi connectivity index (χ0v) is 15.0. The number of rotatable bonds is 7. The smallest absolute Gasteiger partial charge is 0.264 e. The van der Waals surface area contributed by atoms with E-state index in [2.05, 4.69) is 5.32 Å². The van der Waals surface area contributed by atoms with Crippen LogP contribution in [0.25, 0.3) is 0 Å². The number of amides is 1. The predicted octanol–water partition coefficient (Wildman–Crippen LogP) is 2.31. The Morgan fingerprint density at radius 2 is 1.77 bits per heavy atom. The molecule has 1 aliphatic carbocycles. The highest BCUT2D eigenvalue weighted by Gasteiger charge is 2.30. The number of carbonyl (C=O) groups excluding carboxylic acids is 1. The van der Waals surface area contributed by atoms with Crippen molar-refractivity contribution in [2.24, 2.45) is 0 Å². The van der Waals surface area contributed by atoms with Crippen molar-refractivity contribution < 1.29 is 22.3 Å². The second kappa shape index (κ2) is 7.33. The molecule has 1 saturated carbocycles. The van der Waals surface area contributed by atoms with Crippen LogP contribution in [0.4, 0.5) is 10.1 Å². The van der Waals surface area contributed by atoms with E-state index in [1.807, 2.05) is 0 Å². The fourth-order valence-corrected chi connectivity index (χ4v) is 3.85. The lowest BCUT2D eigenvalue weighted by Crippen LogP contribution is -2.41. The molecule has 0 radical (unpaired) electrons. The number of methoxy groups -OCH3 is 1. The number of nitrogens with one attached hydrogen (secondary N) is 1. The van der Waals surface area contributed by atoms with Crippen molar-refractivity contribution in [2.75, 3.05) is 18.0 Å².